The molecule has 0 spiro atoms. The summed E-state index contributed by atoms with van der Waals surface area (Å²) in [6, 6.07) is 4.51. The number of hydrogen-bond acceptors (Lipinski definition) is 4. The van der Waals surface area contributed by atoms with Crippen LogP contribution in [0, 0.1) is 17.7 Å². The van der Waals surface area contributed by atoms with Crippen LogP contribution in [0.15, 0.2) is 18.2 Å². The fourth-order valence-electron chi connectivity index (χ4n) is 4.01. The van der Waals surface area contributed by atoms with Crippen molar-refractivity contribution in [2.45, 2.75) is 24.9 Å². The van der Waals surface area contributed by atoms with Gasteiger partial charge in [0.05, 0.1) is 18.8 Å². The second kappa shape index (κ2) is 6.84. The maximum Gasteiger partial charge on any atom is 0.414 e. The van der Waals surface area contributed by atoms with Crippen LogP contribution in [0.4, 0.5) is 23.7 Å². The minimum absolute atomic E-state index is 0.0147. The van der Waals surface area contributed by atoms with Crippen LogP contribution >= 0.6 is 0 Å². The fourth-order valence-corrected chi connectivity index (χ4v) is 5.92. The number of fused-ring (bicyclic) bond motifs is 1. The Morgan fingerprint density at radius 1 is 1.39 bits per heavy atom. The van der Waals surface area contributed by atoms with Gasteiger partial charge in [0, 0.05) is 24.7 Å². The molecule has 2 saturated heterocycles. The predicted molar refractivity (Wildman–Crippen MR) is 95.2 cm³/mol. The van der Waals surface area contributed by atoms with E-state index in [0.29, 0.717) is 29.7 Å². The highest BCUT2D eigenvalue weighted by Gasteiger charge is 2.60. The standard InChI is InChI=1S/C18H19F3N2O4S/c1-18(20,21)16(24)22-5-10-6-23(17(25)27-10)9-2-3-11(14(19)4-9)15-12-7-28(26)8-13(12)15/h2-4,10,12-13,15H,5-8H2,1H3,(H,22,24)/t10-,12-,13+,15?,28?/m0/s1. The topological polar surface area (TPSA) is 81.7 Å². The van der Waals surface area contributed by atoms with Crippen LogP contribution in [0.1, 0.15) is 18.4 Å². The Morgan fingerprint density at radius 3 is 2.68 bits per heavy atom. The molecule has 2 heterocycles. The molecule has 2 aliphatic heterocycles. The molecule has 1 aromatic rings. The summed E-state index contributed by atoms with van der Waals surface area (Å²) in [6.45, 7) is 0.236. The van der Waals surface area contributed by atoms with Crippen molar-refractivity contribution < 1.29 is 32.0 Å². The third kappa shape index (κ3) is 3.55. The first kappa shape index (κ1) is 19.4. The van der Waals surface area contributed by atoms with Gasteiger partial charge in [-0.2, -0.15) is 8.78 Å². The summed E-state index contributed by atoms with van der Waals surface area (Å²) in [4.78, 5) is 24.5. The number of cyclic esters (lactones) is 1. The summed E-state index contributed by atoms with van der Waals surface area (Å²) in [6.07, 6.45) is -1.53. The molecule has 0 bridgehead atoms. The van der Waals surface area contributed by atoms with E-state index in [2.05, 4.69) is 0 Å². The van der Waals surface area contributed by atoms with Gasteiger partial charge in [-0.05, 0) is 17.7 Å². The quantitative estimate of drug-likeness (QED) is 0.745. The highest BCUT2D eigenvalue weighted by molar-refractivity contribution is 7.91. The van der Waals surface area contributed by atoms with E-state index in [4.69, 9.17) is 4.74 Å². The lowest BCUT2D eigenvalue weighted by Gasteiger charge is -2.16. The van der Waals surface area contributed by atoms with Crippen molar-refractivity contribution in [2.75, 3.05) is 29.5 Å². The van der Waals surface area contributed by atoms with Crippen LogP contribution in [0.25, 0.3) is 0 Å². The Hall–Kier alpha value is -1.94. The largest absolute Gasteiger partial charge is 0.616 e. The summed E-state index contributed by atoms with van der Waals surface area (Å²) in [5.41, 5.74) is 0.868. The molecule has 10 heteroatoms. The average Bonchev–Trinajstić information content (AvgIpc) is 2.94. The van der Waals surface area contributed by atoms with E-state index in [1.807, 2.05) is 5.32 Å². The molecule has 1 N–H and O–H groups in total. The van der Waals surface area contributed by atoms with Crippen molar-refractivity contribution in [2.24, 2.45) is 11.8 Å². The van der Waals surface area contributed by atoms with E-state index < -0.39 is 41.0 Å². The van der Waals surface area contributed by atoms with Crippen molar-refractivity contribution in [3.8, 4) is 0 Å². The molecule has 28 heavy (non-hydrogen) atoms. The van der Waals surface area contributed by atoms with Gasteiger partial charge < -0.3 is 14.6 Å². The molecular weight excluding hydrogens is 397 g/mol. The van der Waals surface area contributed by atoms with Crippen LogP contribution in [0.3, 0.4) is 0 Å². The van der Waals surface area contributed by atoms with Crippen LogP contribution in [-0.4, -0.2) is 53.2 Å². The summed E-state index contributed by atoms with van der Waals surface area (Å²) >= 11 is -0.799. The van der Waals surface area contributed by atoms with E-state index in [1.165, 1.54) is 11.0 Å². The van der Waals surface area contributed by atoms with Gasteiger partial charge in [0.1, 0.15) is 23.4 Å². The molecule has 152 valence electrons. The van der Waals surface area contributed by atoms with E-state index in [1.54, 1.807) is 12.1 Å². The van der Waals surface area contributed by atoms with Gasteiger partial charge in [-0.3, -0.25) is 9.69 Å². The van der Waals surface area contributed by atoms with Crippen molar-refractivity contribution in [3.63, 3.8) is 0 Å². The third-order valence-corrected chi connectivity index (χ3v) is 7.02. The molecule has 5 atom stereocenters. The number of nitrogens with one attached hydrogen (secondary N) is 1. The monoisotopic (exact) mass is 416 g/mol. The number of halogens is 3. The normalized spacial score (nSPS) is 31.5. The third-order valence-electron chi connectivity index (χ3n) is 5.51. The maximum absolute atomic E-state index is 14.6. The zero-order valence-corrected chi connectivity index (χ0v) is 15.8. The smallest absolute Gasteiger partial charge is 0.414 e. The molecule has 2 unspecified atom stereocenters. The van der Waals surface area contributed by atoms with Gasteiger partial charge in [0.15, 0.2) is 0 Å². The summed E-state index contributed by atoms with van der Waals surface area (Å²) in [5, 5.41) is 2.04. The minimum Gasteiger partial charge on any atom is -0.616 e. The molecule has 0 aromatic heterocycles. The number of hydrogen-bond donors (Lipinski definition) is 1. The van der Waals surface area contributed by atoms with Crippen LogP contribution < -0.4 is 10.2 Å². The van der Waals surface area contributed by atoms with Gasteiger partial charge >= 0.3 is 12.0 Å². The van der Waals surface area contributed by atoms with Crippen LogP contribution in [0.2, 0.25) is 0 Å². The Balaban J connectivity index is 1.39. The number of rotatable bonds is 5. The first-order valence-electron chi connectivity index (χ1n) is 8.94. The summed E-state index contributed by atoms with van der Waals surface area (Å²) < 4.78 is 56.9. The van der Waals surface area contributed by atoms with Crippen molar-refractivity contribution in [1.82, 2.24) is 5.32 Å². The van der Waals surface area contributed by atoms with Gasteiger partial charge in [-0.1, -0.05) is 17.2 Å². The molecule has 2 amide bonds. The summed E-state index contributed by atoms with van der Waals surface area (Å²) in [5.74, 6) is -3.57. The lowest BCUT2D eigenvalue weighted by Crippen LogP contribution is -2.42. The van der Waals surface area contributed by atoms with E-state index >= 15 is 0 Å². The maximum atomic E-state index is 14.6. The average molecular weight is 416 g/mol. The Bertz CT molecular complexity index is 807. The van der Waals surface area contributed by atoms with Gasteiger partial charge in [-0.25, -0.2) is 9.18 Å². The second-order valence-electron chi connectivity index (χ2n) is 7.55. The Morgan fingerprint density at radius 2 is 2.07 bits per heavy atom. The number of nitrogens with zero attached hydrogens (tertiary/aromatic N) is 1. The fraction of sp³-hybridized carbons (Fsp3) is 0.556. The summed E-state index contributed by atoms with van der Waals surface area (Å²) in [7, 11) is 0. The molecule has 0 radical (unpaired) electrons. The molecular formula is C18H19F3N2O4S. The molecule has 1 aromatic carbocycles. The van der Waals surface area contributed by atoms with E-state index in [0.717, 1.165) is 0 Å². The number of carbonyl (C=O) groups excluding carboxylic acids is 2. The highest BCUT2D eigenvalue weighted by atomic mass is 32.2. The molecule has 6 nitrogen and oxygen atoms in total. The van der Waals surface area contributed by atoms with E-state index in [9.17, 15) is 27.3 Å². The SMILES string of the molecule is CC(F)(F)C(=O)NC[C@H]1CN(c2ccc(C3[C@H]4C[S+]([O-])C[C@@H]34)c(F)c2)C(=O)O1. The number of benzene rings is 1. The van der Waals surface area contributed by atoms with Gasteiger partial charge in [0.2, 0.25) is 0 Å². The minimum atomic E-state index is -3.52. The van der Waals surface area contributed by atoms with Crippen LogP contribution in [-0.2, 0) is 20.7 Å². The predicted octanol–water partition coefficient (Wildman–Crippen LogP) is 2.01. The number of amides is 2. The molecule has 4 rings (SSSR count). The molecule has 1 aliphatic carbocycles. The number of ether oxygens (including phenoxy) is 1. The number of carbonyl (C=O) groups is 2. The van der Waals surface area contributed by atoms with Crippen molar-refractivity contribution in [3.05, 3.63) is 29.6 Å². The van der Waals surface area contributed by atoms with E-state index in [-0.39, 0.29) is 30.8 Å². The molecule has 3 aliphatic rings. The van der Waals surface area contributed by atoms with Gasteiger partial charge in [0.25, 0.3) is 5.91 Å². The highest BCUT2D eigenvalue weighted by Crippen LogP contribution is 2.59. The first-order chi connectivity index (χ1) is 13.1. The van der Waals surface area contributed by atoms with Gasteiger partial charge in [-0.15, -0.1) is 0 Å². The Kier molecular flexibility index (Phi) is 4.73. The second-order valence-corrected chi connectivity index (χ2v) is 9.09. The Labute approximate surface area is 162 Å². The van der Waals surface area contributed by atoms with Crippen molar-refractivity contribution in [1.29, 1.82) is 0 Å². The molecule has 1 saturated carbocycles. The van der Waals surface area contributed by atoms with Crippen molar-refractivity contribution >= 4 is 28.9 Å². The number of alkyl halides is 2. The lowest BCUT2D eigenvalue weighted by molar-refractivity contribution is -0.143. The molecule has 3 fully saturated rings. The van der Waals surface area contributed by atoms with Crippen LogP contribution in [0.5, 0.6) is 0 Å². The zero-order valence-electron chi connectivity index (χ0n) is 15.0. The zero-order chi connectivity index (χ0) is 20.2. The number of anilines is 1. The lowest BCUT2D eigenvalue weighted by atomic mass is 10.1. The first-order valence-corrected chi connectivity index (χ1v) is 10.4.